The summed E-state index contributed by atoms with van der Waals surface area (Å²) in [6.45, 7) is 38.6. The molecular weight excluding hydrogens is 1690 g/mol. The van der Waals surface area contributed by atoms with Gasteiger partial charge in [0.15, 0.2) is 5.58 Å². The van der Waals surface area contributed by atoms with Gasteiger partial charge in [-0.1, -0.05) is 352 Å². The van der Waals surface area contributed by atoms with E-state index in [-0.39, 0.29) is 32.5 Å². The summed E-state index contributed by atoms with van der Waals surface area (Å²) in [6, 6.07) is 126. The monoisotopic (exact) mass is 1790 g/mol. The van der Waals surface area contributed by atoms with E-state index in [4.69, 9.17) is 8.83 Å². The maximum atomic E-state index is 7.29. The second kappa shape index (κ2) is 31.2. The van der Waals surface area contributed by atoms with Crippen LogP contribution in [0.1, 0.15) is 202 Å². The van der Waals surface area contributed by atoms with Crippen LogP contribution in [0.15, 0.2) is 357 Å². The van der Waals surface area contributed by atoms with Crippen molar-refractivity contribution in [3.05, 3.63) is 427 Å². The molecule has 0 saturated heterocycles. The zero-order chi connectivity index (χ0) is 89.0. The molecule has 1 N–H and O–H groups in total. The van der Waals surface area contributed by atoms with Gasteiger partial charge in [0.05, 0.1) is 21.0 Å². The van der Waals surface area contributed by atoms with E-state index in [1.54, 1.807) is 0 Å². The molecule has 4 aliphatic rings. The van der Waals surface area contributed by atoms with Gasteiger partial charge in [-0.25, -0.2) is 0 Å². The maximum Gasteiger partial charge on any atom is 0.160 e. The summed E-state index contributed by atoms with van der Waals surface area (Å²) in [7, 11) is 0. The van der Waals surface area contributed by atoms with Gasteiger partial charge in [0.1, 0.15) is 16.7 Å². The van der Waals surface area contributed by atoms with Crippen molar-refractivity contribution >= 4 is 121 Å². The molecule has 16 aromatic carbocycles. The number of hydrogen-bond donors (Lipinski definition) is 1. The summed E-state index contributed by atoms with van der Waals surface area (Å²) >= 11 is 7.68. The van der Waals surface area contributed by atoms with Crippen molar-refractivity contribution in [2.24, 2.45) is 0 Å². The highest BCUT2D eigenvalue weighted by molar-refractivity contribution is 9.11. The van der Waals surface area contributed by atoms with Crippen LogP contribution < -0.4 is 15.1 Å². The first-order valence-electron chi connectivity index (χ1n) is 45.3. The van der Waals surface area contributed by atoms with Gasteiger partial charge in [0, 0.05) is 65.8 Å². The molecule has 634 valence electrons. The number of rotatable bonds is 9. The van der Waals surface area contributed by atoms with Crippen molar-refractivity contribution < 1.29 is 8.83 Å². The Labute approximate surface area is 771 Å². The van der Waals surface area contributed by atoms with E-state index < -0.39 is 5.41 Å². The van der Waals surface area contributed by atoms with Crippen LogP contribution >= 0.6 is 31.9 Å². The number of halogens is 2. The number of nitrogens with zero attached hydrogens (tertiary/aromatic N) is 2. The molecule has 2 aromatic heterocycles. The number of anilines is 8. The van der Waals surface area contributed by atoms with Crippen molar-refractivity contribution in [1.29, 1.82) is 0 Å². The van der Waals surface area contributed by atoms with Crippen LogP contribution in [-0.4, -0.2) is 0 Å². The lowest BCUT2D eigenvalue weighted by Crippen LogP contribution is -2.26. The molecule has 4 aliphatic carbocycles. The van der Waals surface area contributed by atoms with E-state index in [9.17, 15) is 0 Å². The minimum Gasteiger partial charge on any atom is -0.455 e. The van der Waals surface area contributed by atoms with E-state index in [1.807, 2.05) is 6.07 Å². The van der Waals surface area contributed by atoms with E-state index in [2.05, 4.69) is 498 Å². The predicted molar refractivity (Wildman–Crippen MR) is 549 cm³/mol. The number of benzene rings is 16. The lowest BCUT2D eigenvalue weighted by atomic mass is 9.70. The summed E-state index contributed by atoms with van der Waals surface area (Å²) in [6.07, 6.45) is 0. The fourth-order valence-corrected chi connectivity index (χ4v) is 21.6. The summed E-state index contributed by atoms with van der Waals surface area (Å²) in [4.78, 5) is 4.91. The van der Waals surface area contributed by atoms with E-state index in [1.165, 1.54) is 128 Å². The minimum atomic E-state index is -0.676. The first-order chi connectivity index (χ1) is 61.3. The Bertz CT molecular complexity index is 7170. The fourth-order valence-electron chi connectivity index (χ4n) is 20.7. The number of para-hydroxylation sites is 2. The Morgan fingerprint density at radius 1 is 0.281 bits per heavy atom. The molecule has 0 atom stereocenters. The fraction of sp³-hybridized carbons (Fsp3) is 0.207. The first-order valence-corrected chi connectivity index (χ1v) is 46.8. The second-order valence-electron chi connectivity index (χ2n) is 40.9. The quantitative estimate of drug-likeness (QED) is 0.156. The zero-order valence-electron chi connectivity index (χ0n) is 76.4. The molecule has 128 heavy (non-hydrogen) atoms. The molecule has 0 unspecified atom stereocenters. The van der Waals surface area contributed by atoms with Crippen molar-refractivity contribution in [2.75, 3.05) is 15.1 Å². The van der Waals surface area contributed by atoms with Crippen molar-refractivity contribution in [1.82, 2.24) is 0 Å². The topological polar surface area (TPSA) is 44.8 Å². The lowest BCUT2D eigenvalue weighted by molar-refractivity contribution is 0.590. The number of furan rings is 2. The van der Waals surface area contributed by atoms with Crippen LogP contribution in [-0.2, 0) is 37.9 Å². The molecular formula is C121H109Br2N3O2. The van der Waals surface area contributed by atoms with E-state index >= 15 is 0 Å². The molecule has 5 nitrogen and oxygen atoms in total. The predicted octanol–water partition coefficient (Wildman–Crippen LogP) is 35.4. The zero-order valence-corrected chi connectivity index (χ0v) is 79.5. The largest absolute Gasteiger partial charge is 0.455 e. The van der Waals surface area contributed by atoms with Crippen LogP contribution in [0.3, 0.4) is 0 Å². The highest BCUT2D eigenvalue weighted by atomic mass is 79.9. The lowest BCUT2D eigenvalue weighted by Gasteiger charge is -2.33. The van der Waals surface area contributed by atoms with E-state index in [0.29, 0.717) is 5.92 Å². The molecule has 0 aliphatic heterocycles. The van der Waals surface area contributed by atoms with Gasteiger partial charge in [0.25, 0.3) is 0 Å². The van der Waals surface area contributed by atoms with Gasteiger partial charge in [-0.3, -0.25) is 0 Å². The average Bonchev–Trinajstić information content (AvgIpc) is 1.50. The summed E-state index contributed by atoms with van der Waals surface area (Å²) < 4.78 is 15.8. The normalized spacial score (nSPS) is 13.6. The average molecular weight is 1800 g/mol. The van der Waals surface area contributed by atoms with Crippen LogP contribution in [0.2, 0.25) is 0 Å². The smallest absolute Gasteiger partial charge is 0.160 e. The van der Waals surface area contributed by atoms with Gasteiger partial charge in [0.2, 0.25) is 0 Å². The first kappa shape index (κ1) is 83.7. The molecule has 0 amide bonds. The van der Waals surface area contributed by atoms with Crippen LogP contribution in [0.4, 0.5) is 45.5 Å². The Hall–Kier alpha value is -12.5. The van der Waals surface area contributed by atoms with Crippen LogP contribution in [0, 0.1) is 0 Å². The van der Waals surface area contributed by atoms with Crippen molar-refractivity contribution in [3.8, 4) is 44.5 Å². The molecule has 7 heteroatoms. The Morgan fingerprint density at radius 3 is 1.00 bits per heavy atom. The molecule has 2 spiro atoms. The van der Waals surface area contributed by atoms with Crippen LogP contribution in [0.5, 0.6) is 0 Å². The molecule has 18 aromatic rings. The van der Waals surface area contributed by atoms with Crippen LogP contribution in [0.25, 0.3) is 88.4 Å². The van der Waals surface area contributed by atoms with Crippen molar-refractivity contribution in [2.45, 2.75) is 162 Å². The molecule has 0 bridgehead atoms. The molecule has 22 rings (SSSR count). The van der Waals surface area contributed by atoms with E-state index in [0.717, 1.165) is 92.9 Å². The molecule has 0 radical (unpaired) electrons. The highest BCUT2D eigenvalue weighted by Crippen LogP contribution is 2.68. The van der Waals surface area contributed by atoms with Gasteiger partial charge in [-0.15, -0.1) is 0 Å². The third-order valence-corrected chi connectivity index (χ3v) is 28.4. The number of fused-ring (bicyclic) bond motifs is 28. The number of nitrogens with one attached hydrogen (secondary N) is 1. The van der Waals surface area contributed by atoms with Gasteiger partial charge in [-0.2, -0.15) is 0 Å². The summed E-state index contributed by atoms with van der Waals surface area (Å²) in [5.41, 5.74) is 40.1. The standard InChI is InChI=1S/C71H68N2O.C31H16Br2O.C19H25N/c1-67(2,3)45-25-33-49(34-26-45)72(50-35-27-46(28-36-50)68(4,5)6)53-41-42-56-60(43-53)71(58-22-16-13-19-54(58)55-20-14-17-23-59(55)71)61-44-62(66-65(64(56)61)57-21-15-18-24-63(57)74-66)73(51-37-29-47(30-38-51)69(7,8)9)52-39-31-48(32-40-52)70(10,11)12;32-17-13-14-20-24(15-17)31(22-10-4-1-7-18(22)19-8-2-5-11-23(19)31)25-16-26(33)30-29(28(20)25)21-9-3-6-12-27(21)34-30;1-14(2)15-6-10-17(11-7-15)20-18-12-8-16(9-13-18)19(3,4)5/h13-44H,1-12H3;1-16H;6-14,20H,1-5H3. The Balaban J connectivity index is 0.000000154. The second-order valence-corrected chi connectivity index (χ2v) is 42.7. The van der Waals surface area contributed by atoms with Gasteiger partial charge in [-0.05, 0) is 293 Å². The summed E-state index contributed by atoms with van der Waals surface area (Å²) in [5.74, 6) is 0.579. The Morgan fingerprint density at radius 2 is 0.602 bits per heavy atom. The molecule has 0 fully saturated rings. The van der Waals surface area contributed by atoms with Gasteiger partial charge >= 0.3 is 0 Å². The Kier molecular flexibility index (Phi) is 20.4. The number of hydrogen-bond acceptors (Lipinski definition) is 5. The molecule has 2 heterocycles. The molecule has 0 saturated carbocycles. The highest BCUT2D eigenvalue weighted by Gasteiger charge is 2.55. The third kappa shape index (κ3) is 13.9. The third-order valence-electron chi connectivity index (χ3n) is 27.4. The van der Waals surface area contributed by atoms with Crippen molar-refractivity contribution in [3.63, 3.8) is 0 Å². The van der Waals surface area contributed by atoms with Gasteiger partial charge < -0.3 is 24.0 Å². The summed E-state index contributed by atoms with van der Waals surface area (Å²) in [5, 5.41) is 8.03. The SMILES string of the molecule is Brc1ccc2c(c1)C1(c3ccccc3-c3ccccc31)c1cc(Br)c3oc4ccccc4c3c1-2.CC(C)(C)c1ccc(N(c2ccc(C(C)(C)C)cc2)c2ccc3c(c2)C2(c4ccccc4-c4ccccc42)c2cc(N(c4ccc(C(C)(C)C)cc4)c4ccc(C(C)(C)C)cc4)c4oc5ccccc5c4c2-3)cc1.CC(C)c1ccc(Nc2ccc(C(C)(C)C)cc2)cc1. The maximum absolute atomic E-state index is 7.29. The minimum absolute atomic E-state index is 0.00110.